The standard InChI is InChI=1S/C13H22N2O/c1-5-8-15(10(2)3)12-6-7-13(11(4)16)14-9-12/h6-7,9-11,16H,5,8H2,1-4H3/t11-/m1/s1. The number of anilines is 1. The summed E-state index contributed by atoms with van der Waals surface area (Å²) >= 11 is 0. The quantitative estimate of drug-likeness (QED) is 0.832. The Labute approximate surface area is 98.1 Å². The van der Waals surface area contributed by atoms with Gasteiger partial charge in [0.05, 0.1) is 23.7 Å². The molecule has 16 heavy (non-hydrogen) atoms. The monoisotopic (exact) mass is 222 g/mol. The van der Waals surface area contributed by atoms with Crippen LogP contribution in [-0.4, -0.2) is 22.7 Å². The lowest BCUT2D eigenvalue weighted by Gasteiger charge is -2.28. The van der Waals surface area contributed by atoms with E-state index in [0.717, 1.165) is 24.3 Å². The van der Waals surface area contributed by atoms with Crippen molar-refractivity contribution in [2.45, 2.75) is 46.3 Å². The SMILES string of the molecule is CCCN(c1ccc([C@@H](C)O)nc1)C(C)C. The third-order valence-electron chi connectivity index (χ3n) is 2.62. The molecule has 1 heterocycles. The summed E-state index contributed by atoms with van der Waals surface area (Å²) in [6.45, 7) is 9.30. The highest BCUT2D eigenvalue weighted by atomic mass is 16.3. The Kier molecular flexibility index (Phi) is 4.74. The fourth-order valence-electron chi connectivity index (χ4n) is 1.74. The van der Waals surface area contributed by atoms with Crippen LogP contribution in [0.5, 0.6) is 0 Å². The molecule has 0 aromatic carbocycles. The molecule has 0 saturated carbocycles. The van der Waals surface area contributed by atoms with E-state index in [4.69, 9.17) is 0 Å². The normalized spacial score (nSPS) is 12.9. The van der Waals surface area contributed by atoms with Gasteiger partial charge in [0, 0.05) is 12.6 Å². The zero-order chi connectivity index (χ0) is 12.1. The van der Waals surface area contributed by atoms with Crippen LogP contribution in [0.3, 0.4) is 0 Å². The zero-order valence-electron chi connectivity index (χ0n) is 10.6. The first-order chi connectivity index (χ1) is 7.56. The van der Waals surface area contributed by atoms with Gasteiger partial charge in [0.1, 0.15) is 0 Å². The molecular formula is C13H22N2O. The first-order valence-corrected chi connectivity index (χ1v) is 5.97. The number of pyridine rings is 1. The number of hydrogen-bond acceptors (Lipinski definition) is 3. The Morgan fingerprint density at radius 2 is 2.00 bits per heavy atom. The van der Waals surface area contributed by atoms with Crippen molar-refractivity contribution < 1.29 is 5.11 Å². The van der Waals surface area contributed by atoms with E-state index in [1.165, 1.54) is 0 Å². The van der Waals surface area contributed by atoms with Gasteiger partial charge in [-0.1, -0.05) is 6.92 Å². The van der Waals surface area contributed by atoms with Gasteiger partial charge in [0.15, 0.2) is 0 Å². The minimum absolute atomic E-state index is 0.471. The van der Waals surface area contributed by atoms with E-state index < -0.39 is 6.10 Å². The van der Waals surface area contributed by atoms with Crippen molar-refractivity contribution in [2.75, 3.05) is 11.4 Å². The van der Waals surface area contributed by atoms with Gasteiger partial charge in [-0.15, -0.1) is 0 Å². The molecule has 0 fully saturated rings. The second-order valence-corrected chi connectivity index (χ2v) is 4.40. The minimum Gasteiger partial charge on any atom is -0.387 e. The van der Waals surface area contributed by atoms with E-state index in [-0.39, 0.29) is 0 Å². The Morgan fingerprint density at radius 3 is 2.38 bits per heavy atom. The Morgan fingerprint density at radius 1 is 1.31 bits per heavy atom. The molecule has 0 amide bonds. The molecule has 1 aromatic rings. The van der Waals surface area contributed by atoms with E-state index in [0.29, 0.717) is 6.04 Å². The van der Waals surface area contributed by atoms with Crippen molar-refractivity contribution in [1.82, 2.24) is 4.98 Å². The Balaban J connectivity index is 2.85. The fourth-order valence-corrected chi connectivity index (χ4v) is 1.74. The number of hydrogen-bond donors (Lipinski definition) is 1. The van der Waals surface area contributed by atoms with Crippen molar-refractivity contribution in [2.24, 2.45) is 0 Å². The smallest absolute Gasteiger partial charge is 0.0931 e. The molecular weight excluding hydrogens is 200 g/mol. The van der Waals surface area contributed by atoms with E-state index >= 15 is 0 Å². The Hall–Kier alpha value is -1.09. The summed E-state index contributed by atoms with van der Waals surface area (Å²) in [7, 11) is 0. The van der Waals surface area contributed by atoms with Crippen LogP contribution in [0.25, 0.3) is 0 Å². The molecule has 90 valence electrons. The van der Waals surface area contributed by atoms with Crippen molar-refractivity contribution >= 4 is 5.69 Å². The minimum atomic E-state index is -0.493. The van der Waals surface area contributed by atoms with Crippen molar-refractivity contribution in [1.29, 1.82) is 0 Å². The van der Waals surface area contributed by atoms with Gasteiger partial charge in [0.25, 0.3) is 0 Å². The molecule has 0 aliphatic carbocycles. The molecule has 0 bridgehead atoms. The highest BCUT2D eigenvalue weighted by molar-refractivity contribution is 5.45. The highest BCUT2D eigenvalue weighted by Gasteiger charge is 2.10. The molecule has 3 heteroatoms. The van der Waals surface area contributed by atoms with Gasteiger partial charge in [-0.05, 0) is 39.3 Å². The number of aromatic nitrogens is 1. The number of rotatable bonds is 5. The summed E-state index contributed by atoms with van der Waals surface area (Å²) in [5, 5.41) is 9.39. The van der Waals surface area contributed by atoms with Crippen LogP contribution < -0.4 is 4.90 Å². The van der Waals surface area contributed by atoms with E-state index in [2.05, 4.69) is 30.7 Å². The van der Waals surface area contributed by atoms with Gasteiger partial charge >= 0.3 is 0 Å². The van der Waals surface area contributed by atoms with Crippen LogP contribution in [-0.2, 0) is 0 Å². The molecule has 3 nitrogen and oxygen atoms in total. The largest absolute Gasteiger partial charge is 0.387 e. The maximum absolute atomic E-state index is 9.39. The molecule has 0 radical (unpaired) electrons. The van der Waals surface area contributed by atoms with Crippen LogP contribution in [0, 0.1) is 0 Å². The predicted octanol–water partition coefficient (Wildman–Crippen LogP) is 2.76. The lowest BCUT2D eigenvalue weighted by Crippen LogP contribution is -2.31. The molecule has 1 atom stereocenters. The first kappa shape index (κ1) is 13.0. The number of aliphatic hydroxyl groups excluding tert-OH is 1. The molecule has 0 spiro atoms. The molecule has 1 N–H and O–H groups in total. The molecule has 0 aliphatic heterocycles. The van der Waals surface area contributed by atoms with Gasteiger partial charge in [-0.25, -0.2) is 0 Å². The topological polar surface area (TPSA) is 36.4 Å². The van der Waals surface area contributed by atoms with Crippen LogP contribution >= 0.6 is 0 Å². The van der Waals surface area contributed by atoms with E-state index in [1.54, 1.807) is 6.92 Å². The highest BCUT2D eigenvalue weighted by Crippen LogP contribution is 2.18. The molecule has 0 saturated heterocycles. The van der Waals surface area contributed by atoms with Crippen molar-refractivity contribution in [3.05, 3.63) is 24.0 Å². The van der Waals surface area contributed by atoms with Crippen LogP contribution in [0.1, 0.15) is 45.9 Å². The van der Waals surface area contributed by atoms with Gasteiger partial charge in [-0.2, -0.15) is 0 Å². The second kappa shape index (κ2) is 5.85. The van der Waals surface area contributed by atoms with Gasteiger partial charge < -0.3 is 10.0 Å². The summed E-state index contributed by atoms with van der Waals surface area (Å²) in [5.41, 5.74) is 1.85. The summed E-state index contributed by atoms with van der Waals surface area (Å²) in [6.07, 6.45) is 2.47. The molecule has 0 aliphatic rings. The average Bonchev–Trinajstić information content (AvgIpc) is 2.25. The Bertz CT molecular complexity index is 306. The summed E-state index contributed by atoms with van der Waals surface area (Å²) in [5.74, 6) is 0. The van der Waals surface area contributed by atoms with E-state index in [9.17, 15) is 5.11 Å². The number of nitrogens with zero attached hydrogens (tertiary/aromatic N) is 2. The maximum atomic E-state index is 9.39. The fraction of sp³-hybridized carbons (Fsp3) is 0.615. The van der Waals surface area contributed by atoms with Crippen molar-refractivity contribution in [3.8, 4) is 0 Å². The summed E-state index contributed by atoms with van der Waals surface area (Å²) in [6, 6.07) is 4.40. The molecule has 0 unspecified atom stereocenters. The third kappa shape index (κ3) is 3.20. The van der Waals surface area contributed by atoms with Crippen LogP contribution in [0.4, 0.5) is 5.69 Å². The average molecular weight is 222 g/mol. The van der Waals surface area contributed by atoms with Gasteiger partial charge in [-0.3, -0.25) is 4.98 Å². The number of aliphatic hydroxyl groups is 1. The lowest BCUT2D eigenvalue weighted by molar-refractivity contribution is 0.194. The maximum Gasteiger partial charge on any atom is 0.0931 e. The third-order valence-corrected chi connectivity index (χ3v) is 2.62. The van der Waals surface area contributed by atoms with Crippen molar-refractivity contribution in [3.63, 3.8) is 0 Å². The van der Waals surface area contributed by atoms with Crippen LogP contribution in [0.2, 0.25) is 0 Å². The lowest BCUT2D eigenvalue weighted by atomic mass is 10.2. The molecule has 1 aromatic heterocycles. The second-order valence-electron chi connectivity index (χ2n) is 4.40. The van der Waals surface area contributed by atoms with E-state index in [1.807, 2.05) is 18.3 Å². The first-order valence-electron chi connectivity index (χ1n) is 5.97. The summed E-state index contributed by atoms with van der Waals surface area (Å²) < 4.78 is 0. The van der Waals surface area contributed by atoms with Gasteiger partial charge in [0.2, 0.25) is 0 Å². The molecule has 1 rings (SSSR count). The summed E-state index contributed by atoms with van der Waals surface area (Å²) in [4.78, 5) is 6.59. The zero-order valence-corrected chi connectivity index (χ0v) is 10.6. The predicted molar refractivity (Wildman–Crippen MR) is 67.6 cm³/mol. The van der Waals surface area contributed by atoms with Crippen LogP contribution in [0.15, 0.2) is 18.3 Å².